The fourth-order valence-corrected chi connectivity index (χ4v) is 2.09. The normalized spacial score (nSPS) is 19.4. The molecule has 1 heterocycles. The first-order valence-electron chi connectivity index (χ1n) is 5.99. The Morgan fingerprint density at radius 2 is 2.18 bits per heavy atom. The number of likely N-dealkylation sites (tertiary alicyclic amines) is 1. The highest BCUT2D eigenvalue weighted by Crippen LogP contribution is 2.16. The standard InChI is InChI=1S/C13H19N3O/c1-10-5-3-4-6-12(10)15-13(17)16-8-7-11(9-16)14-2/h3-6,11,14H,7-9H2,1-2H3,(H,15,17)/t11-/m1/s1. The summed E-state index contributed by atoms with van der Waals surface area (Å²) in [6.07, 6.45) is 1.03. The number of benzene rings is 1. The molecule has 17 heavy (non-hydrogen) atoms. The van der Waals surface area contributed by atoms with Crippen LogP contribution in [0.2, 0.25) is 0 Å². The van der Waals surface area contributed by atoms with Gasteiger partial charge in [-0.25, -0.2) is 4.79 Å². The van der Waals surface area contributed by atoms with Crippen LogP contribution in [0.3, 0.4) is 0 Å². The van der Waals surface area contributed by atoms with Crippen molar-refractivity contribution in [2.45, 2.75) is 19.4 Å². The second-order valence-electron chi connectivity index (χ2n) is 4.47. The first kappa shape index (κ1) is 11.9. The largest absolute Gasteiger partial charge is 0.323 e. The third-order valence-electron chi connectivity index (χ3n) is 3.27. The molecule has 0 saturated carbocycles. The molecule has 0 radical (unpaired) electrons. The third kappa shape index (κ3) is 2.77. The van der Waals surface area contributed by atoms with E-state index in [9.17, 15) is 4.79 Å². The maximum atomic E-state index is 12.0. The van der Waals surface area contributed by atoms with Gasteiger partial charge in [0, 0.05) is 24.8 Å². The SMILES string of the molecule is CN[C@@H]1CCN(C(=O)Nc2ccccc2C)C1. The predicted octanol–water partition coefficient (Wildman–Crippen LogP) is 1.82. The Hall–Kier alpha value is -1.55. The number of nitrogens with one attached hydrogen (secondary N) is 2. The zero-order valence-electron chi connectivity index (χ0n) is 10.4. The van der Waals surface area contributed by atoms with Crippen LogP contribution in [0.15, 0.2) is 24.3 Å². The summed E-state index contributed by atoms with van der Waals surface area (Å²) in [6, 6.07) is 8.25. The van der Waals surface area contributed by atoms with Gasteiger partial charge >= 0.3 is 6.03 Å². The summed E-state index contributed by atoms with van der Waals surface area (Å²) in [5.41, 5.74) is 1.98. The lowest BCUT2D eigenvalue weighted by Gasteiger charge is -2.18. The minimum absolute atomic E-state index is 0.00273. The molecule has 4 nitrogen and oxygen atoms in total. The van der Waals surface area contributed by atoms with E-state index in [1.807, 2.05) is 43.1 Å². The van der Waals surface area contributed by atoms with Gasteiger partial charge in [-0.3, -0.25) is 0 Å². The number of rotatable bonds is 2. The Morgan fingerprint density at radius 3 is 2.82 bits per heavy atom. The van der Waals surface area contributed by atoms with Gasteiger partial charge in [0.05, 0.1) is 0 Å². The number of nitrogens with zero attached hydrogens (tertiary/aromatic N) is 1. The minimum Gasteiger partial charge on any atom is -0.323 e. The summed E-state index contributed by atoms with van der Waals surface area (Å²) in [6.45, 7) is 3.60. The van der Waals surface area contributed by atoms with Gasteiger partial charge in [0.15, 0.2) is 0 Å². The minimum atomic E-state index is -0.00273. The summed E-state index contributed by atoms with van der Waals surface area (Å²) in [4.78, 5) is 13.9. The van der Waals surface area contributed by atoms with Gasteiger partial charge in [0.2, 0.25) is 0 Å². The van der Waals surface area contributed by atoms with Crippen LogP contribution in [-0.4, -0.2) is 37.1 Å². The maximum absolute atomic E-state index is 12.0. The van der Waals surface area contributed by atoms with Gasteiger partial charge < -0.3 is 15.5 Å². The van der Waals surface area contributed by atoms with Crippen LogP contribution in [0.25, 0.3) is 0 Å². The van der Waals surface area contributed by atoms with Crippen LogP contribution in [0.5, 0.6) is 0 Å². The zero-order valence-corrected chi connectivity index (χ0v) is 10.4. The summed E-state index contributed by atoms with van der Waals surface area (Å²) in [7, 11) is 1.94. The first-order chi connectivity index (χ1) is 8.20. The summed E-state index contributed by atoms with van der Waals surface area (Å²) in [5.74, 6) is 0. The van der Waals surface area contributed by atoms with Crippen molar-refractivity contribution in [1.29, 1.82) is 0 Å². The molecule has 1 aliphatic heterocycles. The van der Waals surface area contributed by atoms with Gasteiger partial charge in [0.1, 0.15) is 0 Å². The molecule has 0 aromatic heterocycles. The van der Waals surface area contributed by atoms with Crippen molar-refractivity contribution < 1.29 is 4.79 Å². The van der Waals surface area contributed by atoms with Crippen molar-refractivity contribution in [2.24, 2.45) is 0 Å². The topological polar surface area (TPSA) is 44.4 Å². The zero-order chi connectivity index (χ0) is 12.3. The highest BCUT2D eigenvalue weighted by molar-refractivity contribution is 5.90. The van der Waals surface area contributed by atoms with E-state index in [1.165, 1.54) is 0 Å². The molecule has 4 heteroatoms. The molecule has 1 fully saturated rings. The predicted molar refractivity (Wildman–Crippen MR) is 69.2 cm³/mol. The fraction of sp³-hybridized carbons (Fsp3) is 0.462. The molecule has 1 atom stereocenters. The molecular formula is C13H19N3O. The Balaban J connectivity index is 1.96. The number of carbonyl (C=O) groups excluding carboxylic acids is 1. The molecule has 0 bridgehead atoms. The van der Waals surface area contributed by atoms with E-state index < -0.39 is 0 Å². The van der Waals surface area contributed by atoms with E-state index in [2.05, 4.69) is 10.6 Å². The smallest absolute Gasteiger partial charge is 0.321 e. The summed E-state index contributed by atoms with van der Waals surface area (Å²) in [5, 5.41) is 6.16. The second-order valence-corrected chi connectivity index (χ2v) is 4.47. The molecule has 2 N–H and O–H groups in total. The van der Waals surface area contributed by atoms with E-state index in [4.69, 9.17) is 0 Å². The third-order valence-corrected chi connectivity index (χ3v) is 3.27. The number of amides is 2. The molecule has 2 rings (SSSR count). The monoisotopic (exact) mass is 233 g/mol. The van der Waals surface area contributed by atoms with Crippen molar-refractivity contribution in [2.75, 3.05) is 25.5 Å². The van der Waals surface area contributed by atoms with Crippen molar-refractivity contribution in [3.8, 4) is 0 Å². The van der Waals surface area contributed by atoms with Crippen molar-refractivity contribution >= 4 is 11.7 Å². The lowest BCUT2D eigenvalue weighted by atomic mass is 10.2. The van der Waals surface area contributed by atoms with E-state index >= 15 is 0 Å². The lowest BCUT2D eigenvalue weighted by Crippen LogP contribution is -2.36. The van der Waals surface area contributed by atoms with Crippen LogP contribution in [-0.2, 0) is 0 Å². The van der Waals surface area contributed by atoms with E-state index in [0.29, 0.717) is 6.04 Å². The number of likely N-dealkylation sites (N-methyl/N-ethyl adjacent to an activating group) is 1. The van der Waals surface area contributed by atoms with Crippen molar-refractivity contribution in [3.63, 3.8) is 0 Å². The number of para-hydroxylation sites is 1. The Morgan fingerprint density at radius 1 is 1.41 bits per heavy atom. The number of hydrogen-bond acceptors (Lipinski definition) is 2. The van der Waals surface area contributed by atoms with Crippen LogP contribution >= 0.6 is 0 Å². The average Bonchev–Trinajstić information content (AvgIpc) is 2.81. The van der Waals surface area contributed by atoms with Gasteiger partial charge in [0.25, 0.3) is 0 Å². The molecule has 0 aliphatic carbocycles. The average molecular weight is 233 g/mol. The molecule has 1 aliphatic rings. The number of urea groups is 1. The Labute approximate surface area is 102 Å². The highest BCUT2D eigenvalue weighted by atomic mass is 16.2. The molecular weight excluding hydrogens is 214 g/mol. The number of anilines is 1. The Bertz CT molecular complexity index is 405. The molecule has 92 valence electrons. The molecule has 0 spiro atoms. The van der Waals surface area contributed by atoms with Gasteiger partial charge in [-0.15, -0.1) is 0 Å². The number of aryl methyl sites for hydroxylation is 1. The van der Waals surface area contributed by atoms with Gasteiger partial charge in [-0.2, -0.15) is 0 Å². The van der Waals surface area contributed by atoms with Crippen molar-refractivity contribution in [1.82, 2.24) is 10.2 Å². The van der Waals surface area contributed by atoms with E-state index in [-0.39, 0.29) is 6.03 Å². The quantitative estimate of drug-likeness (QED) is 0.818. The van der Waals surface area contributed by atoms with Gasteiger partial charge in [-0.05, 0) is 32.0 Å². The van der Waals surface area contributed by atoms with Crippen LogP contribution in [0.4, 0.5) is 10.5 Å². The van der Waals surface area contributed by atoms with Crippen molar-refractivity contribution in [3.05, 3.63) is 29.8 Å². The van der Waals surface area contributed by atoms with Crippen LogP contribution < -0.4 is 10.6 Å². The lowest BCUT2D eigenvalue weighted by molar-refractivity contribution is 0.221. The summed E-state index contributed by atoms with van der Waals surface area (Å²) >= 11 is 0. The fourth-order valence-electron chi connectivity index (χ4n) is 2.09. The maximum Gasteiger partial charge on any atom is 0.321 e. The van der Waals surface area contributed by atoms with Crippen LogP contribution in [0.1, 0.15) is 12.0 Å². The van der Waals surface area contributed by atoms with E-state index in [0.717, 1.165) is 30.8 Å². The molecule has 0 unspecified atom stereocenters. The Kier molecular flexibility index (Phi) is 3.64. The highest BCUT2D eigenvalue weighted by Gasteiger charge is 2.25. The number of carbonyl (C=O) groups is 1. The second kappa shape index (κ2) is 5.19. The first-order valence-corrected chi connectivity index (χ1v) is 5.99. The van der Waals surface area contributed by atoms with E-state index in [1.54, 1.807) is 0 Å². The molecule has 1 saturated heterocycles. The van der Waals surface area contributed by atoms with Crippen LogP contribution in [0, 0.1) is 6.92 Å². The molecule has 2 amide bonds. The molecule has 1 aromatic carbocycles. The summed E-state index contributed by atoms with van der Waals surface area (Å²) < 4.78 is 0. The van der Waals surface area contributed by atoms with Gasteiger partial charge in [-0.1, -0.05) is 18.2 Å². The molecule has 1 aromatic rings. The number of hydrogen-bond donors (Lipinski definition) is 2.